The van der Waals surface area contributed by atoms with E-state index in [2.05, 4.69) is 0 Å². The third-order valence-electron chi connectivity index (χ3n) is 7.65. The van der Waals surface area contributed by atoms with Crippen molar-refractivity contribution in [3.8, 4) is 28.1 Å². The first kappa shape index (κ1) is 25.2. The van der Waals surface area contributed by atoms with Gasteiger partial charge in [0.2, 0.25) is 5.78 Å². The maximum atomic E-state index is 14.1. The van der Waals surface area contributed by atoms with Gasteiger partial charge in [0.1, 0.15) is 15.3 Å². The van der Waals surface area contributed by atoms with Gasteiger partial charge in [-0.1, -0.05) is 66.2 Å². The maximum Gasteiger partial charge on any atom is 0.282 e. The molecule has 0 atom stereocenters. The fourth-order valence-electron chi connectivity index (χ4n) is 5.61. The summed E-state index contributed by atoms with van der Waals surface area (Å²) in [7, 11) is 1.74. The van der Waals surface area contributed by atoms with Crippen LogP contribution in [0.4, 0.5) is 5.69 Å². The van der Waals surface area contributed by atoms with Crippen molar-refractivity contribution >= 4 is 50.4 Å². The lowest BCUT2D eigenvalue weighted by atomic mass is 9.94. The number of nitrogens with zero attached hydrogens (tertiary/aromatic N) is 3. The van der Waals surface area contributed by atoms with Crippen LogP contribution in [0.15, 0.2) is 83.7 Å². The SMILES string of the molecule is Cc1c(C(=O)c2sc3nc4c(c(-c5ccc(Cl)cc5)c3c2N)C(=O)c2ccccc2-4)c(=O)n(-c2ccccc2)n1C. The van der Waals surface area contributed by atoms with Crippen molar-refractivity contribution in [2.75, 3.05) is 5.73 Å². The summed E-state index contributed by atoms with van der Waals surface area (Å²) in [4.78, 5) is 47.0. The lowest BCUT2D eigenvalue weighted by Crippen LogP contribution is -2.22. The van der Waals surface area contributed by atoms with Gasteiger partial charge >= 0.3 is 0 Å². The van der Waals surface area contributed by atoms with Crippen molar-refractivity contribution in [2.24, 2.45) is 7.05 Å². The van der Waals surface area contributed by atoms with Crippen LogP contribution in [0.25, 0.3) is 38.3 Å². The van der Waals surface area contributed by atoms with E-state index >= 15 is 0 Å². The zero-order chi connectivity index (χ0) is 28.6. The highest BCUT2D eigenvalue weighted by Crippen LogP contribution is 2.48. The number of nitrogen functional groups attached to an aromatic ring is 1. The molecule has 0 bridgehead atoms. The number of anilines is 1. The monoisotopic (exact) mass is 576 g/mol. The Morgan fingerprint density at radius 3 is 2.27 bits per heavy atom. The Morgan fingerprint density at radius 1 is 0.902 bits per heavy atom. The lowest BCUT2D eigenvalue weighted by Gasteiger charge is -2.11. The molecular formula is C32H21ClN4O3S. The van der Waals surface area contributed by atoms with Crippen LogP contribution in [-0.4, -0.2) is 25.9 Å². The number of halogens is 1. The third kappa shape index (κ3) is 3.58. The number of rotatable bonds is 4. The Bertz CT molecular complexity index is 2140. The summed E-state index contributed by atoms with van der Waals surface area (Å²) in [6.07, 6.45) is 0. The van der Waals surface area contributed by atoms with E-state index in [1.165, 1.54) is 4.68 Å². The second-order valence-corrected chi connectivity index (χ2v) is 11.3. The van der Waals surface area contributed by atoms with Gasteiger partial charge in [0.05, 0.1) is 22.6 Å². The Hall–Kier alpha value is -4.79. The van der Waals surface area contributed by atoms with E-state index < -0.39 is 11.3 Å². The highest BCUT2D eigenvalue weighted by molar-refractivity contribution is 7.21. The topological polar surface area (TPSA) is 100.0 Å². The Morgan fingerprint density at radius 2 is 1.56 bits per heavy atom. The van der Waals surface area contributed by atoms with Crippen molar-refractivity contribution < 1.29 is 9.59 Å². The van der Waals surface area contributed by atoms with Gasteiger partial charge < -0.3 is 5.73 Å². The Balaban J connectivity index is 1.50. The highest BCUT2D eigenvalue weighted by atomic mass is 35.5. The van der Waals surface area contributed by atoms with E-state index in [1.54, 1.807) is 36.9 Å². The fourth-order valence-corrected chi connectivity index (χ4v) is 6.79. The van der Waals surface area contributed by atoms with Crippen LogP contribution < -0.4 is 11.3 Å². The number of ketones is 2. The number of hydrogen-bond acceptors (Lipinski definition) is 6. The van der Waals surface area contributed by atoms with Crippen molar-refractivity contribution in [3.05, 3.63) is 122 Å². The predicted molar refractivity (Wildman–Crippen MR) is 163 cm³/mol. The number of thiophene rings is 1. The number of pyridine rings is 1. The summed E-state index contributed by atoms with van der Waals surface area (Å²) in [6, 6.07) is 23.6. The third-order valence-corrected chi connectivity index (χ3v) is 9.00. The number of carbonyl (C=O) groups is 2. The van der Waals surface area contributed by atoms with Crippen molar-refractivity contribution in [1.82, 2.24) is 14.3 Å². The molecule has 3 aromatic heterocycles. The molecule has 0 unspecified atom stereocenters. The van der Waals surface area contributed by atoms with E-state index in [0.29, 0.717) is 49.0 Å². The molecule has 0 saturated carbocycles. The van der Waals surface area contributed by atoms with Gasteiger partial charge in [-0.25, -0.2) is 9.67 Å². The molecule has 7 rings (SSSR count). The molecular weight excluding hydrogens is 556 g/mol. The zero-order valence-electron chi connectivity index (χ0n) is 21.9. The van der Waals surface area contributed by atoms with E-state index in [-0.39, 0.29) is 21.9 Å². The van der Waals surface area contributed by atoms with Gasteiger partial charge in [-0.15, -0.1) is 11.3 Å². The summed E-state index contributed by atoms with van der Waals surface area (Å²) >= 11 is 7.32. The number of para-hydroxylation sites is 1. The quantitative estimate of drug-likeness (QED) is 0.243. The summed E-state index contributed by atoms with van der Waals surface area (Å²) in [6.45, 7) is 1.74. The zero-order valence-corrected chi connectivity index (χ0v) is 23.5. The average molecular weight is 577 g/mol. The molecule has 1 aliphatic rings. The highest BCUT2D eigenvalue weighted by Gasteiger charge is 2.35. The fraction of sp³-hybridized carbons (Fsp3) is 0.0625. The summed E-state index contributed by atoms with van der Waals surface area (Å²) in [5.41, 5.74) is 11.3. The van der Waals surface area contributed by atoms with Crippen LogP contribution in [0.5, 0.6) is 0 Å². The van der Waals surface area contributed by atoms with E-state index in [4.69, 9.17) is 22.3 Å². The second kappa shape index (κ2) is 9.12. The molecule has 0 radical (unpaired) electrons. The predicted octanol–water partition coefficient (Wildman–Crippen LogP) is 6.44. The maximum absolute atomic E-state index is 14.1. The molecule has 0 saturated heterocycles. The molecule has 0 aliphatic heterocycles. The first-order chi connectivity index (χ1) is 19.8. The minimum atomic E-state index is -0.479. The number of benzene rings is 3. The first-order valence-electron chi connectivity index (χ1n) is 12.8. The van der Waals surface area contributed by atoms with Gasteiger partial charge in [-0.05, 0) is 36.8 Å². The van der Waals surface area contributed by atoms with Crippen molar-refractivity contribution in [3.63, 3.8) is 0 Å². The largest absolute Gasteiger partial charge is 0.397 e. The Kier molecular flexibility index (Phi) is 5.61. The lowest BCUT2D eigenvalue weighted by molar-refractivity contribution is 0.103. The average Bonchev–Trinajstić information content (AvgIpc) is 3.55. The van der Waals surface area contributed by atoms with Crippen LogP contribution >= 0.6 is 22.9 Å². The molecule has 0 fully saturated rings. The number of aromatic nitrogens is 3. The molecule has 41 heavy (non-hydrogen) atoms. The molecule has 0 amide bonds. The van der Waals surface area contributed by atoms with Crippen LogP contribution in [0.1, 0.15) is 36.9 Å². The number of nitrogens with two attached hydrogens (primary N) is 1. The van der Waals surface area contributed by atoms with Crippen LogP contribution in [-0.2, 0) is 7.05 Å². The van der Waals surface area contributed by atoms with Crippen LogP contribution in [0.3, 0.4) is 0 Å². The van der Waals surface area contributed by atoms with E-state index in [0.717, 1.165) is 22.5 Å². The molecule has 1 aliphatic carbocycles. The summed E-state index contributed by atoms with van der Waals surface area (Å²) in [5.74, 6) is -0.634. The second-order valence-electron chi connectivity index (χ2n) is 9.88. The Labute approximate surface area is 243 Å². The number of carbonyl (C=O) groups excluding carboxylic acids is 2. The molecule has 2 N–H and O–H groups in total. The first-order valence-corrected chi connectivity index (χ1v) is 14.0. The van der Waals surface area contributed by atoms with Gasteiger partial charge in [-0.2, -0.15) is 0 Å². The number of fused-ring (bicyclic) bond motifs is 4. The molecule has 9 heteroatoms. The van der Waals surface area contributed by atoms with Crippen molar-refractivity contribution in [1.29, 1.82) is 0 Å². The van der Waals surface area contributed by atoms with Gasteiger partial charge in [0.15, 0.2) is 5.78 Å². The van der Waals surface area contributed by atoms with Crippen LogP contribution in [0.2, 0.25) is 5.02 Å². The molecule has 3 aromatic carbocycles. The van der Waals surface area contributed by atoms with E-state index in [9.17, 15) is 14.4 Å². The van der Waals surface area contributed by atoms with Gasteiger partial charge in [0, 0.05) is 39.8 Å². The molecule has 200 valence electrons. The standard InChI is InChI=1S/C32H21ClN4O3S/c1-16-22(32(40)37(36(16)2)19-8-4-3-5-9-19)29(39)30-26(34)24-23(17-12-14-18(33)15-13-17)25-27(35-31(24)41-30)20-10-6-7-11-21(20)28(25)38/h3-15H,34H2,1-2H3. The van der Waals surface area contributed by atoms with Crippen LogP contribution in [0, 0.1) is 6.92 Å². The summed E-state index contributed by atoms with van der Waals surface area (Å²) < 4.78 is 3.13. The minimum absolute atomic E-state index is 0.0385. The molecule has 3 heterocycles. The van der Waals surface area contributed by atoms with E-state index in [1.807, 2.05) is 60.7 Å². The van der Waals surface area contributed by atoms with Gasteiger partial charge in [0.25, 0.3) is 5.56 Å². The van der Waals surface area contributed by atoms with Crippen molar-refractivity contribution in [2.45, 2.75) is 6.92 Å². The molecule has 0 spiro atoms. The minimum Gasteiger partial charge on any atom is -0.397 e. The number of hydrogen-bond donors (Lipinski definition) is 1. The summed E-state index contributed by atoms with van der Waals surface area (Å²) in [5, 5.41) is 1.06. The normalized spacial score (nSPS) is 12.1. The molecule has 6 aromatic rings. The van der Waals surface area contributed by atoms with Gasteiger partial charge in [-0.3, -0.25) is 19.1 Å². The molecule has 7 nitrogen and oxygen atoms in total. The smallest absolute Gasteiger partial charge is 0.282 e.